The number of nitrogens with one attached hydrogen (secondary N) is 3. The van der Waals surface area contributed by atoms with Gasteiger partial charge in [-0.15, -0.1) is 0 Å². The molecule has 7 heteroatoms. The first-order chi connectivity index (χ1) is 10.2. The molecule has 1 aliphatic heterocycles. The molecule has 0 spiro atoms. The van der Waals surface area contributed by atoms with Gasteiger partial charge >= 0.3 is 0 Å². The molecule has 21 heavy (non-hydrogen) atoms. The molecule has 0 bridgehead atoms. The Balaban J connectivity index is 1.76. The second-order valence-corrected chi connectivity index (χ2v) is 5.06. The number of anilines is 1. The topological polar surface area (TPSA) is 96.3 Å². The Kier molecular flexibility index (Phi) is 5.51. The standard InChI is InChI=1S/C14H20N4O3/c19-14(17-11-4-3-8-15-10-11)7-9-16-12-5-1-2-6-13(12)18(20)21/h1-2,5-6,11,15-16H,3-4,7-10H2,(H,17,19)/t11-/m0/s1. The fourth-order valence-corrected chi connectivity index (χ4v) is 2.37. The number of amides is 1. The number of para-hydroxylation sites is 2. The molecule has 1 fully saturated rings. The zero-order valence-corrected chi connectivity index (χ0v) is 11.8. The molecule has 1 atom stereocenters. The third kappa shape index (κ3) is 4.71. The fraction of sp³-hybridized carbons (Fsp3) is 0.500. The van der Waals surface area contributed by atoms with Crippen LogP contribution in [0.1, 0.15) is 19.3 Å². The predicted octanol–water partition coefficient (Wildman–Crippen LogP) is 1.26. The van der Waals surface area contributed by atoms with Gasteiger partial charge in [0.1, 0.15) is 5.69 Å². The molecule has 1 aromatic rings. The minimum atomic E-state index is -0.434. The molecule has 1 heterocycles. The number of hydrogen-bond donors (Lipinski definition) is 3. The Hall–Kier alpha value is -2.15. The first-order valence-corrected chi connectivity index (χ1v) is 7.14. The van der Waals surface area contributed by atoms with Crippen LogP contribution in [0.3, 0.4) is 0 Å². The van der Waals surface area contributed by atoms with Gasteiger partial charge in [-0.1, -0.05) is 12.1 Å². The Labute approximate surface area is 123 Å². The van der Waals surface area contributed by atoms with Crippen molar-refractivity contribution < 1.29 is 9.72 Å². The summed E-state index contributed by atoms with van der Waals surface area (Å²) < 4.78 is 0. The third-order valence-corrected chi connectivity index (χ3v) is 3.43. The van der Waals surface area contributed by atoms with E-state index < -0.39 is 4.92 Å². The number of benzene rings is 1. The number of carbonyl (C=O) groups is 1. The molecular formula is C14H20N4O3. The smallest absolute Gasteiger partial charge is 0.292 e. The van der Waals surface area contributed by atoms with Gasteiger partial charge in [-0.05, 0) is 25.5 Å². The Bertz CT molecular complexity index is 501. The van der Waals surface area contributed by atoms with E-state index >= 15 is 0 Å². The molecule has 1 saturated heterocycles. The number of carbonyl (C=O) groups excluding carboxylic acids is 1. The SMILES string of the molecule is O=C(CCNc1ccccc1[N+](=O)[O-])N[C@H]1CCCNC1. The molecule has 0 aromatic heterocycles. The highest BCUT2D eigenvalue weighted by molar-refractivity contribution is 5.77. The van der Waals surface area contributed by atoms with E-state index in [9.17, 15) is 14.9 Å². The zero-order valence-electron chi connectivity index (χ0n) is 11.8. The predicted molar refractivity (Wildman–Crippen MR) is 80.2 cm³/mol. The molecule has 1 aliphatic rings. The monoisotopic (exact) mass is 292 g/mol. The summed E-state index contributed by atoms with van der Waals surface area (Å²) in [5.74, 6) is -0.0326. The van der Waals surface area contributed by atoms with E-state index in [1.54, 1.807) is 18.2 Å². The van der Waals surface area contributed by atoms with Gasteiger partial charge in [-0.3, -0.25) is 14.9 Å². The van der Waals surface area contributed by atoms with Crippen molar-refractivity contribution in [3.63, 3.8) is 0 Å². The quantitative estimate of drug-likeness (QED) is 0.542. The van der Waals surface area contributed by atoms with Crippen LogP contribution < -0.4 is 16.0 Å². The number of rotatable bonds is 6. The van der Waals surface area contributed by atoms with Crippen molar-refractivity contribution >= 4 is 17.3 Å². The van der Waals surface area contributed by atoms with Gasteiger partial charge in [-0.2, -0.15) is 0 Å². The van der Waals surface area contributed by atoms with Crippen molar-refractivity contribution in [1.82, 2.24) is 10.6 Å². The maximum absolute atomic E-state index is 11.8. The lowest BCUT2D eigenvalue weighted by molar-refractivity contribution is -0.384. The maximum Gasteiger partial charge on any atom is 0.292 e. The van der Waals surface area contributed by atoms with Crippen LogP contribution in [-0.4, -0.2) is 36.5 Å². The molecule has 0 aliphatic carbocycles. The van der Waals surface area contributed by atoms with Gasteiger partial charge < -0.3 is 16.0 Å². The van der Waals surface area contributed by atoms with Crippen molar-refractivity contribution in [1.29, 1.82) is 0 Å². The summed E-state index contributed by atoms with van der Waals surface area (Å²) in [4.78, 5) is 22.2. The first kappa shape index (κ1) is 15.2. The van der Waals surface area contributed by atoms with Crippen LogP contribution in [-0.2, 0) is 4.79 Å². The number of piperidine rings is 1. The van der Waals surface area contributed by atoms with Crippen LogP contribution >= 0.6 is 0 Å². The lowest BCUT2D eigenvalue weighted by atomic mass is 10.1. The summed E-state index contributed by atoms with van der Waals surface area (Å²) in [5.41, 5.74) is 0.462. The number of hydrogen-bond acceptors (Lipinski definition) is 5. The Morgan fingerprint density at radius 3 is 2.95 bits per heavy atom. The highest BCUT2D eigenvalue weighted by Crippen LogP contribution is 2.22. The van der Waals surface area contributed by atoms with E-state index in [1.807, 2.05) is 0 Å². The molecule has 2 rings (SSSR count). The fourth-order valence-electron chi connectivity index (χ4n) is 2.37. The van der Waals surface area contributed by atoms with Gasteiger partial charge in [0, 0.05) is 31.6 Å². The van der Waals surface area contributed by atoms with E-state index in [1.165, 1.54) is 6.07 Å². The molecule has 0 unspecified atom stereocenters. The summed E-state index contributed by atoms with van der Waals surface area (Å²) in [6.07, 6.45) is 2.36. The number of nitro groups is 1. The second kappa shape index (κ2) is 7.58. The van der Waals surface area contributed by atoms with E-state index in [4.69, 9.17) is 0 Å². The van der Waals surface area contributed by atoms with Crippen LogP contribution in [0.5, 0.6) is 0 Å². The van der Waals surface area contributed by atoms with Crippen LogP contribution in [0.2, 0.25) is 0 Å². The summed E-state index contributed by atoms with van der Waals surface area (Å²) in [5, 5.41) is 20.0. The summed E-state index contributed by atoms with van der Waals surface area (Å²) in [7, 11) is 0. The van der Waals surface area contributed by atoms with Crippen molar-refractivity contribution in [3.8, 4) is 0 Å². The molecule has 1 aromatic carbocycles. The van der Waals surface area contributed by atoms with Gasteiger partial charge in [0.05, 0.1) is 4.92 Å². The van der Waals surface area contributed by atoms with Crippen molar-refractivity contribution in [2.24, 2.45) is 0 Å². The summed E-state index contributed by atoms with van der Waals surface area (Å²) in [6, 6.07) is 6.61. The molecule has 0 saturated carbocycles. The van der Waals surface area contributed by atoms with Gasteiger partial charge in [0.2, 0.25) is 5.91 Å². The van der Waals surface area contributed by atoms with Crippen LogP contribution in [0.15, 0.2) is 24.3 Å². The average molecular weight is 292 g/mol. The van der Waals surface area contributed by atoms with Crippen molar-refractivity contribution in [2.75, 3.05) is 25.0 Å². The van der Waals surface area contributed by atoms with Crippen LogP contribution in [0.25, 0.3) is 0 Å². The Morgan fingerprint density at radius 2 is 2.24 bits per heavy atom. The minimum Gasteiger partial charge on any atom is -0.379 e. The van der Waals surface area contributed by atoms with Crippen LogP contribution in [0.4, 0.5) is 11.4 Å². The lowest BCUT2D eigenvalue weighted by Crippen LogP contribution is -2.45. The van der Waals surface area contributed by atoms with E-state index in [0.717, 1.165) is 25.9 Å². The highest BCUT2D eigenvalue weighted by atomic mass is 16.6. The maximum atomic E-state index is 11.8. The first-order valence-electron chi connectivity index (χ1n) is 7.14. The van der Waals surface area contributed by atoms with Crippen molar-refractivity contribution in [2.45, 2.75) is 25.3 Å². The normalized spacial score (nSPS) is 18.0. The lowest BCUT2D eigenvalue weighted by Gasteiger charge is -2.23. The number of nitrogens with zero attached hydrogens (tertiary/aromatic N) is 1. The van der Waals surface area contributed by atoms with E-state index in [0.29, 0.717) is 18.7 Å². The highest BCUT2D eigenvalue weighted by Gasteiger charge is 2.15. The molecule has 114 valence electrons. The zero-order chi connectivity index (χ0) is 15.1. The van der Waals surface area contributed by atoms with Crippen molar-refractivity contribution in [3.05, 3.63) is 34.4 Å². The summed E-state index contributed by atoms with van der Waals surface area (Å²) >= 11 is 0. The van der Waals surface area contributed by atoms with Gasteiger partial charge in [0.15, 0.2) is 0 Å². The van der Waals surface area contributed by atoms with E-state index in [-0.39, 0.29) is 17.6 Å². The van der Waals surface area contributed by atoms with Crippen LogP contribution in [0, 0.1) is 10.1 Å². The minimum absolute atomic E-state index is 0.0226. The average Bonchev–Trinajstić information content (AvgIpc) is 2.48. The van der Waals surface area contributed by atoms with Gasteiger partial charge in [-0.25, -0.2) is 0 Å². The molecule has 0 radical (unpaired) electrons. The molecule has 3 N–H and O–H groups in total. The second-order valence-electron chi connectivity index (χ2n) is 5.06. The number of nitro benzene ring substituents is 1. The molecule has 1 amide bonds. The molecule has 7 nitrogen and oxygen atoms in total. The van der Waals surface area contributed by atoms with E-state index in [2.05, 4.69) is 16.0 Å². The largest absolute Gasteiger partial charge is 0.379 e. The Morgan fingerprint density at radius 1 is 1.43 bits per heavy atom. The summed E-state index contributed by atoms with van der Waals surface area (Å²) in [6.45, 7) is 2.19. The van der Waals surface area contributed by atoms with Gasteiger partial charge in [0.25, 0.3) is 5.69 Å². The third-order valence-electron chi connectivity index (χ3n) is 3.43. The molecular weight excluding hydrogens is 272 g/mol.